The third-order valence-electron chi connectivity index (χ3n) is 4.62. The normalized spacial score (nSPS) is 11.1. The van der Waals surface area contributed by atoms with Crippen molar-refractivity contribution in [3.63, 3.8) is 0 Å². The van der Waals surface area contributed by atoms with Gasteiger partial charge < -0.3 is 5.11 Å². The number of carbonyl (C=O) groups excluding carboxylic acids is 1. The van der Waals surface area contributed by atoms with Crippen LogP contribution in [0.2, 0.25) is 0 Å². The van der Waals surface area contributed by atoms with Crippen molar-refractivity contribution in [1.29, 1.82) is 0 Å². The monoisotopic (exact) mass is 377 g/mol. The first-order valence-corrected chi connectivity index (χ1v) is 10.9. The fourth-order valence-electron chi connectivity index (χ4n) is 3.36. The van der Waals surface area contributed by atoms with Crippen molar-refractivity contribution in [3.8, 4) is 0 Å². The van der Waals surface area contributed by atoms with E-state index in [1.807, 2.05) is 54.6 Å². The highest BCUT2D eigenvalue weighted by molar-refractivity contribution is 7.96. The summed E-state index contributed by atoms with van der Waals surface area (Å²) >= 11 is 0. The number of aliphatic carboxylic acids is 1. The van der Waals surface area contributed by atoms with E-state index in [1.54, 1.807) is 0 Å². The minimum Gasteiger partial charge on any atom is -0.481 e. The summed E-state index contributed by atoms with van der Waals surface area (Å²) in [6.45, 7) is 0. The Labute approximate surface area is 160 Å². The zero-order valence-electron chi connectivity index (χ0n) is 15.0. The zero-order valence-corrected chi connectivity index (χ0v) is 15.9. The third kappa shape index (κ3) is 4.32. The van der Waals surface area contributed by atoms with Crippen LogP contribution in [0.25, 0.3) is 0 Å². The quantitative estimate of drug-likeness (QED) is 0.612. The van der Waals surface area contributed by atoms with E-state index in [1.165, 1.54) is 0 Å². The first kappa shape index (κ1) is 19.0. The molecule has 4 heteroatoms. The first-order valence-electron chi connectivity index (χ1n) is 8.91. The van der Waals surface area contributed by atoms with Crippen molar-refractivity contribution in [2.24, 2.45) is 0 Å². The minimum absolute atomic E-state index is 0.0118. The minimum atomic E-state index is -2.21. The highest BCUT2D eigenvalue weighted by Crippen LogP contribution is 2.55. The van der Waals surface area contributed by atoms with Crippen LogP contribution in [0.4, 0.5) is 0 Å². The van der Waals surface area contributed by atoms with Crippen molar-refractivity contribution < 1.29 is 14.7 Å². The molecular formula is C23H22O3P+. The lowest BCUT2D eigenvalue weighted by atomic mass is 10.2. The summed E-state index contributed by atoms with van der Waals surface area (Å²) in [5.41, 5.74) is 0. The number of hydrogen-bond donors (Lipinski definition) is 1. The lowest BCUT2D eigenvalue weighted by Gasteiger charge is -2.27. The molecule has 0 amide bonds. The van der Waals surface area contributed by atoms with Crippen LogP contribution in [-0.2, 0) is 9.59 Å². The maximum Gasteiger partial charge on any atom is 0.303 e. The van der Waals surface area contributed by atoms with Gasteiger partial charge in [-0.2, -0.15) is 0 Å². The Morgan fingerprint density at radius 2 is 1.00 bits per heavy atom. The number of rotatable bonds is 8. The van der Waals surface area contributed by atoms with Crippen LogP contribution < -0.4 is 15.9 Å². The second-order valence-electron chi connectivity index (χ2n) is 6.41. The Morgan fingerprint density at radius 3 is 1.33 bits per heavy atom. The van der Waals surface area contributed by atoms with E-state index in [9.17, 15) is 9.59 Å². The molecule has 0 aliphatic carbocycles. The molecule has 3 nitrogen and oxygen atoms in total. The second-order valence-corrected chi connectivity index (χ2v) is 9.89. The number of carboxylic acid groups (broad SMARTS) is 1. The first-order chi connectivity index (χ1) is 13.1. The summed E-state index contributed by atoms with van der Waals surface area (Å²) in [6.07, 6.45) is 0.263. The van der Waals surface area contributed by atoms with Gasteiger partial charge in [0, 0.05) is 6.42 Å². The standard InChI is InChI=1S/C23H21O3P/c24-19(16-17-23(25)26)18-27(20-10-4-1-5-11-20,21-12-6-2-7-13-21)22-14-8-3-9-15-22/h1-15H,16-18H2/p+1. The molecule has 0 saturated carbocycles. The van der Waals surface area contributed by atoms with Gasteiger partial charge in [0.15, 0.2) is 5.78 Å². The van der Waals surface area contributed by atoms with E-state index >= 15 is 0 Å². The SMILES string of the molecule is O=C(O)CCC(=O)C[P+](c1ccccc1)(c1ccccc1)c1ccccc1. The van der Waals surface area contributed by atoms with Crippen LogP contribution in [0.15, 0.2) is 91.0 Å². The van der Waals surface area contributed by atoms with Gasteiger partial charge in [-0.15, -0.1) is 0 Å². The molecule has 0 bridgehead atoms. The summed E-state index contributed by atoms with van der Waals surface area (Å²) in [6, 6.07) is 30.4. The number of carbonyl (C=O) groups is 2. The smallest absolute Gasteiger partial charge is 0.303 e. The van der Waals surface area contributed by atoms with E-state index in [0.29, 0.717) is 6.16 Å². The van der Waals surface area contributed by atoms with E-state index in [4.69, 9.17) is 5.11 Å². The topological polar surface area (TPSA) is 54.4 Å². The molecule has 0 spiro atoms. The van der Waals surface area contributed by atoms with Gasteiger partial charge in [-0.05, 0) is 36.4 Å². The van der Waals surface area contributed by atoms with E-state index in [-0.39, 0.29) is 18.6 Å². The predicted octanol–water partition coefficient (Wildman–Crippen LogP) is 3.41. The van der Waals surface area contributed by atoms with E-state index in [2.05, 4.69) is 36.4 Å². The van der Waals surface area contributed by atoms with Crippen LogP contribution in [0, 0.1) is 0 Å². The molecule has 0 aliphatic rings. The van der Waals surface area contributed by atoms with Crippen LogP contribution in [0.3, 0.4) is 0 Å². The molecular weight excluding hydrogens is 355 g/mol. The van der Waals surface area contributed by atoms with Crippen LogP contribution in [0.5, 0.6) is 0 Å². The largest absolute Gasteiger partial charge is 0.481 e. The Morgan fingerprint density at radius 1 is 0.630 bits per heavy atom. The van der Waals surface area contributed by atoms with Crippen LogP contribution >= 0.6 is 7.26 Å². The Bertz CT molecular complexity index is 796. The summed E-state index contributed by atoms with van der Waals surface area (Å²) < 4.78 is 0. The van der Waals surface area contributed by atoms with Crippen molar-refractivity contribution in [3.05, 3.63) is 91.0 Å². The van der Waals surface area contributed by atoms with Gasteiger partial charge in [-0.1, -0.05) is 54.6 Å². The number of benzene rings is 3. The van der Waals surface area contributed by atoms with Crippen LogP contribution in [-0.4, -0.2) is 23.0 Å². The predicted molar refractivity (Wildman–Crippen MR) is 112 cm³/mol. The maximum atomic E-state index is 12.8. The average molecular weight is 377 g/mol. The highest BCUT2D eigenvalue weighted by Gasteiger charge is 2.46. The molecule has 3 aromatic carbocycles. The molecule has 0 fully saturated rings. The molecule has 0 aliphatic heterocycles. The molecule has 3 rings (SSSR count). The molecule has 0 unspecified atom stereocenters. The molecule has 136 valence electrons. The Hall–Kier alpha value is -2.77. The fourth-order valence-corrected chi connectivity index (χ4v) is 7.53. The van der Waals surface area contributed by atoms with Crippen molar-refractivity contribution in [2.45, 2.75) is 12.8 Å². The molecule has 0 heterocycles. The lowest BCUT2D eigenvalue weighted by molar-refractivity contribution is -0.138. The number of carboxylic acids is 1. The van der Waals surface area contributed by atoms with Gasteiger partial charge in [0.1, 0.15) is 29.3 Å². The molecule has 3 aromatic rings. The van der Waals surface area contributed by atoms with Gasteiger partial charge in [-0.3, -0.25) is 9.59 Å². The van der Waals surface area contributed by atoms with Crippen LogP contribution in [0.1, 0.15) is 12.8 Å². The van der Waals surface area contributed by atoms with Gasteiger partial charge in [0.2, 0.25) is 0 Å². The van der Waals surface area contributed by atoms with E-state index < -0.39 is 13.2 Å². The summed E-state index contributed by atoms with van der Waals surface area (Å²) in [5, 5.41) is 12.4. The summed E-state index contributed by atoms with van der Waals surface area (Å²) in [7, 11) is -2.21. The van der Waals surface area contributed by atoms with Crippen molar-refractivity contribution in [1.82, 2.24) is 0 Å². The second kappa shape index (κ2) is 8.75. The van der Waals surface area contributed by atoms with Gasteiger partial charge in [0.05, 0.1) is 6.42 Å². The Balaban J connectivity index is 2.17. The molecule has 0 atom stereocenters. The zero-order chi connectivity index (χ0) is 19.1. The molecule has 27 heavy (non-hydrogen) atoms. The lowest BCUT2D eigenvalue weighted by Crippen LogP contribution is -2.35. The third-order valence-corrected chi connectivity index (χ3v) is 8.99. The highest BCUT2D eigenvalue weighted by atomic mass is 31.2. The molecule has 0 aromatic heterocycles. The van der Waals surface area contributed by atoms with Gasteiger partial charge in [0.25, 0.3) is 0 Å². The van der Waals surface area contributed by atoms with Gasteiger partial charge in [-0.25, -0.2) is 0 Å². The summed E-state index contributed by atoms with van der Waals surface area (Å²) in [4.78, 5) is 23.8. The van der Waals surface area contributed by atoms with Crippen molar-refractivity contribution in [2.75, 3.05) is 6.16 Å². The number of ketones is 1. The van der Waals surface area contributed by atoms with E-state index in [0.717, 1.165) is 15.9 Å². The Kier molecular flexibility index (Phi) is 6.16. The van der Waals surface area contributed by atoms with Gasteiger partial charge >= 0.3 is 5.97 Å². The molecule has 1 N–H and O–H groups in total. The maximum absolute atomic E-state index is 12.8. The molecule has 0 saturated heterocycles. The number of hydrogen-bond acceptors (Lipinski definition) is 2. The average Bonchev–Trinajstić information content (AvgIpc) is 2.72. The number of Topliss-reactive ketones (excluding diaryl/α,β-unsaturated/α-hetero) is 1. The fraction of sp³-hybridized carbons (Fsp3) is 0.130. The molecule has 0 radical (unpaired) electrons. The van der Waals surface area contributed by atoms with Crippen molar-refractivity contribution >= 4 is 34.9 Å². The summed E-state index contributed by atoms with van der Waals surface area (Å²) in [5.74, 6) is -0.950.